The monoisotopic (exact) mass is 333 g/mol. The molecule has 1 atom stereocenters. The molecule has 3 rings (SSSR count). The average Bonchev–Trinajstić information content (AvgIpc) is 3.25. The SMILES string of the molecule is Cc1cnc([C@@H](C)NC(=O)N2CCC(CCN3CCCC3)CC2)[nH]1. The lowest BCUT2D eigenvalue weighted by Gasteiger charge is -2.33. The highest BCUT2D eigenvalue weighted by Crippen LogP contribution is 2.22. The molecular weight excluding hydrogens is 302 g/mol. The van der Waals surface area contributed by atoms with Gasteiger partial charge in [-0.2, -0.15) is 0 Å². The van der Waals surface area contributed by atoms with Crippen LogP contribution < -0.4 is 5.32 Å². The van der Waals surface area contributed by atoms with Crippen molar-refractivity contribution in [1.82, 2.24) is 25.1 Å². The molecule has 6 heteroatoms. The smallest absolute Gasteiger partial charge is 0.317 e. The van der Waals surface area contributed by atoms with Gasteiger partial charge < -0.3 is 20.1 Å². The number of H-pyrrole nitrogens is 1. The molecule has 2 saturated heterocycles. The van der Waals surface area contributed by atoms with E-state index in [1.807, 2.05) is 18.7 Å². The van der Waals surface area contributed by atoms with Crippen molar-refractivity contribution in [2.24, 2.45) is 5.92 Å². The number of imidazole rings is 1. The lowest BCUT2D eigenvalue weighted by atomic mass is 9.93. The van der Waals surface area contributed by atoms with Crippen LogP contribution in [0.4, 0.5) is 4.79 Å². The first kappa shape index (κ1) is 17.3. The number of nitrogens with one attached hydrogen (secondary N) is 2. The van der Waals surface area contributed by atoms with Crippen LogP contribution >= 0.6 is 0 Å². The molecule has 24 heavy (non-hydrogen) atoms. The predicted octanol–water partition coefficient (Wildman–Crippen LogP) is 2.69. The third-order valence-electron chi connectivity index (χ3n) is 5.43. The largest absolute Gasteiger partial charge is 0.344 e. The number of piperidine rings is 1. The van der Waals surface area contributed by atoms with E-state index in [0.29, 0.717) is 0 Å². The van der Waals surface area contributed by atoms with E-state index in [2.05, 4.69) is 20.2 Å². The Morgan fingerprint density at radius 2 is 2.04 bits per heavy atom. The van der Waals surface area contributed by atoms with Gasteiger partial charge in [0.1, 0.15) is 5.82 Å². The van der Waals surface area contributed by atoms with Gasteiger partial charge in [-0.15, -0.1) is 0 Å². The van der Waals surface area contributed by atoms with E-state index in [4.69, 9.17) is 0 Å². The van der Waals surface area contributed by atoms with Gasteiger partial charge in [-0.25, -0.2) is 9.78 Å². The first-order valence-electron chi connectivity index (χ1n) is 9.41. The third-order valence-corrected chi connectivity index (χ3v) is 5.43. The molecular formula is C18H31N5O. The number of hydrogen-bond acceptors (Lipinski definition) is 3. The standard InChI is InChI=1S/C18H31N5O/c1-14-13-19-17(20-14)15(2)21-18(24)23-11-6-16(7-12-23)5-10-22-8-3-4-9-22/h13,15-16H,3-12H2,1-2H3,(H,19,20)(H,21,24)/t15-/m1/s1. The van der Waals surface area contributed by atoms with Gasteiger partial charge in [0, 0.05) is 25.0 Å². The van der Waals surface area contributed by atoms with E-state index in [1.165, 1.54) is 38.9 Å². The van der Waals surface area contributed by atoms with Crippen molar-refractivity contribution in [1.29, 1.82) is 0 Å². The molecule has 1 aromatic rings. The van der Waals surface area contributed by atoms with E-state index < -0.39 is 0 Å². The fraction of sp³-hybridized carbons (Fsp3) is 0.778. The Balaban J connectivity index is 1.38. The Hall–Kier alpha value is -1.56. The number of aromatic nitrogens is 2. The number of carbonyl (C=O) groups excluding carboxylic acids is 1. The summed E-state index contributed by atoms with van der Waals surface area (Å²) in [6.07, 6.45) is 8.09. The molecule has 3 heterocycles. The van der Waals surface area contributed by atoms with Crippen LogP contribution in [0, 0.1) is 12.8 Å². The Labute approximate surface area is 145 Å². The maximum absolute atomic E-state index is 12.4. The van der Waals surface area contributed by atoms with Gasteiger partial charge in [-0.1, -0.05) is 0 Å². The lowest BCUT2D eigenvalue weighted by molar-refractivity contribution is 0.160. The second kappa shape index (κ2) is 8.01. The molecule has 0 unspecified atom stereocenters. The molecule has 0 spiro atoms. The molecule has 0 radical (unpaired) electrons. The molecule has 1 aromatic heterocycles. The highest BCUT2D eigenvalue weighted by Gasteiger charge is 2.25. The molecule has 2 fully saturated rings. The molecule has 2 aliphatic rings. The van der Waals surface area contributed by atoms with Crippen molar-refractivity contribution in [3.63, 3.8) is 0 Å². The number of rotatable bonds is 5. The van der Waals surface area contributed by atoms with Crippen LogP contribution in [0.1, 0.15) is 56.6 Å². The highest BCUT2D eigenvalue weighted by molar-refractivity contribution is 5.74. The van der Waals surface area contributed by atoms with Crippen LogP contribution in [0.5, 0.6) is 0 Å². The Bertz CT molecular complexity index is 529. The molecule has 2 amide bonds. The van der Waals surface area contributed by atoms with Crippen molar-refractivity contribution in [2.45, 2.75) is 52.0 Å². The fourth-order valence-electron chi connectivity index (χ4n) is 3.79. The summed E-state index contributed by atoms with van der Waals surface area (Å²) in [5.74, 6) is 1.60. The van der Waals surface area contributed by atoms with Gasteiger partial charge in [0.15, 0.2) is 0 Å². The summed E-state index contributed by atoms with van der Waals surface area (Å²) in [5, 5.41) is 3.06. The van der Waals surface area contributed by atoms with Gasteiger partial charge in [0.25, 0.3) is 0 Å². The number of aryl methyl sites for hydroxylation is 1. The van der Waals surface area contributed by atoms with Crippen molar-refractivity contribution >= 4 is 6.03 Å². The van der Waals surface area contributed by atoms with E-state index >= 15 is 0 Å². The molecule has 0 bridgehead atoms. The minimum Gasteiger partial charge on any atom is -0.344 e. The van der Waals surface area contributed by atoms with Crippen molar-refractivity contribution in [3.8, 4) is 0 Å². The van der Waals surface area contributed by atoms with Gasteiger partial charge in [0.2, 0.25) is 0 Å². The second-order valence-electron chi connectivity index (χ2n) is 7.39. The second-order valence-corrected chi connectivity index (χ2v) is 7.39. The van der Waals surface area contributed by atoms with Crippen LogP contribution in [0.3, 0.4) is 0 Å². The number of urea groups is 1. The molecule has 0 aromatic carbocycles. The number of carbonyl (C=O) groups is 1. The average molecular weight is 333 g/mol. The van der Waals surface area contributed by atoms with Crippen LogP contribution in [0.15, 0.2) is 6.20 Å². The quantitative estimate of drug-likeness (QED) is 0.871. The van der Waals surface area contributed by atoms with E-state index in [0.717, 1.165) is 43.4 Å². The third kappa shape index (κ3) is 4.50. The summed E-state index contributed by atoms with van der Waals surface area (Å²) >= 11 is 0. The van der Waals surface area contributed by atoms with E-state index in [9.17, 15) is 4.79 Å². The zero-order valence-electron chi connectivity index (χ0n) is 15.1. The summed E-state index contributed by atoms with van der Waals surface area (Å²) in [6.45, 7) is 9.50. The minimum absolute atomic E-state index is 0.0366. The summed E-state index contributed by atoms with van der Waals surface area (Å²) < 4.78 is 0. The van der Waals surface area contributed by atoms with Crippen LogP contribution in [0.2, 0.25) is 0 Å². The van der Waals surface area contributed by atoms with Gasteiger partial charge in [-0.3, -0.25) is 0 Å². The summed E-state index contributed by atoms with van der Waals surface area (Å²) in [7, 11) is 0. The van der Waals surface area contributed by atoms with Crippen LogP contribution in [0.25, 0.3) is 0 Å². The molecule has 0 saturated carbocycles. The van der Waals surface area contributed by atoms with Crippen molar-refractivity contribution < 1.29 is 4.79 Å². The molecule has 2 aliphatic heterocycles. The zero-order chi connectivity index (χ0) is 16.9. The maximum Gasteiger partial charge on any atom is 0.317 e. The number of hydrogen-bond donors (Lipinski definition) is 2. The topological polar surface area (TPSA) is 64.3 Å². The van der Waals surface area contributed by atoms with Gasteiger partial charge >= 0.3 is 6.03 Å². The summed E-state index contributed by atoms with van der Waals surface area (Å²) in [4.78, 5) is 24.5. The molecule has 0 aliphatic carbocycles. The molecule has 2 N–H and O–H groups in total. The van der Waals surface area contributed by atoms with Gasteiger partial charge in [-0.05, 0) is 71.5 Å². The number of amides is 2. The summed E-state index contributed by atoms with van der Waals surface area (Å²) in [5.41, 5.74) is 1.02. The molecule has 134 valence electrons. The van der Waals surface area contributed by atoms with Crippen molar-refractivity contribution in [2.75, 3.05) is 32.7 Å². The number of aromatic amines is 1. The lowest BCUT2D eigenvalue weighted by Crippen LogP contribution is -2.45. The van der Waals surface area contributed by atoms with Gasteiger partial charge in [0.05, 0.1) is 6.04 Å². The van der Waals surface area contributed by atoms with Crippen LogP contribution in [-0.2, 0) is 0 Å². The molecule has 6 nitrogen and oxygen atoms in total. The number of nitrogens with zero attached hydrogens (tertiary/aromatic N) is 3. The Morgan fingerprint density at radius 3 is 2.67 bits per heavy atom. The predicted molar refractivity (Wildman–Crippen MR) is 94.9 cm³/mol. The highest BCUT2D eigenvalue weighted by atomic mass is 16.2. The van der Waals surface area contributed by atoms with E-state index in [-0.39, 0.29) is 12.1 Å². The fourth-order valence-corrected chi connectivity index (χ4v) is 3.79. The minimum atomic E-state index is -0.0842. The normalized spacial score (nSPS) is 21.2. The van der Waals surface area contributed by atoms with E-state index in [1.54, 1.807) is 6.20 Å². The maximum atomic E-state index is 12.4. The zero-order valence-corrected chi connectivity index (χ0v) is 15.1. The Morgan fingerprint density at radius 1 is 1.33 bits per heavy atom. The van der Waals surface area contributed by atoms with Crippen molar-refractivity contribution in [3.05, 3.63) is 17.7 Å². The first-order chi connectivity index (χ1) is 11.6. The first-order valence-corrected chi connectivity index (χ1v) is 9.41. The Kier molecular flexibility index (Phi) is 5.76. The van der Waals surface area contributed by atoms with Crippen LogP contribution in [-0.4, -0.2) is 58.5 Å². The summed E-state index contributed by atoms with van der Waals surface area (Å²) in [6, 6.07) is -0.0476. The number of likely N-dealkylation sites (tertiary alicyclic amines) is 2.